The summed E-state index contributed by atoms with van der Waals surface area (Å²) in [6, 6.07) is 10.5. The molecule has 1 N–H and O–H groups in total. The van der Waals surface area contributed by atoms with E-state index in [-0.39, 0.29) is 12.0 Å². The van der Waals surface area contributed by atoms with Gasteiger partial charge in [0.05, 0.1) is 6.61 Å². The van der Waals surface area contributed by atoms with E-state index in [0.717, 1.165) is 18.2 Å². The quantitative estimate of drug-likeness (QED) is 0.746. The number of esters is 1. The fourth-order valence-corrected chi connectivity index (χ4v) is 2.48. The molecule has 0 aromatic heterocycles. The zero-order valence-corrected chi connectivity index (χ0v) is 13.2. The van der Waals surface area contributed by atoms with Crippen LogP contribution in [-0.2, 0) is 9.53 Å². The number of likely N-dealkylation sites (N-methyl/N-ethyl adjacent to an activating group) is 1. The summed E-state index contributed by atoms with van der Waals surface area (Å²) >= 11 is 0. The van der Waals surface area contributed by atoms with Crippen LogP contribution in [0, 0.1) is 0 Å². The van der Waals surface area contributed by atoms with E-state index in [2.05, 4.69) is 24.2 Å². The number of nitrogens with one attached hydrogen (secondary N) is 1. The zero-order chi connectivity index (χ0) is 15.2. The van der Waals surface area contributed by atoms with Crippen molar-refractivity contribution in [2.75, 3.05) is 20.2 Å². The van der Waals surface area contributed by atoms with Crippen LogP contribution in [0.1, 0.15) is 38.3 Å². The van der Waals surface area contributed by atoms with E-state index in [1.54, 1.807) is 0 Å². The number of rotatable bonds is 8. The van der Waals surface area contributed by atoms with Crippen molar-refractivity contribution < 1.29 is 9.53 Å². The molecule has 1 aromatic carbocycles. The second-order valence-corrected chi connectivity index (χ2v) is 5.75. The van der Waals surface area contributed by atoms with Crippen LogP contribution in [0.25, 0.3) is 0 Å². The fraction of sp³-hybridized carbons (Fsp3) is 0.588. The number of nitrogens with zero attached hydrogens (tertiary/aromatic N) is 1. The summed E-state index contributed by atoms with van der Waals surface area (Å²) < 4.78 is 5.20. The third-order valence-electron chi connectivity index (χ3n) is 4.09. The lowest BCUT2D eigenvalue weighted by Gasteiger charge is -2.27. The number of hydrogen-bond donors (Lipinski definition) is 1. The highest BCUT2D eigenvalue weighted by Gasteiger charge is 2.30. The van der Waals surface area contributed by atoms with Crippen molar-refractivity contribution in [2.24, 2.45) is 0 Å². The molecule has 2 unspecified atom stereocenters. The molecule has 4 nitrogen and oxygen atoms in total. The van der Waals surface area contributed by atoms with Crippen LogP contribution >= 0.6 is 0 Å². The molecule has 1 saturated carbocycles. The molecule has 1 aromatic rings. The molecule has 116 valence electrons. The Morgan fingerprint density at radius 3 is 2.62 bits per heavy atom. The summed E-state index contributed by atoms with van der Waals surface area (Å²) in [4.78, 5) is 14.6. The Bertz CT molecular complexity index is 445. The molecule has 21 heavy (non-hydrogen) atoms. The van der Waals surface area contributed by atoms with Gasteiger partial charge in [-0.3, -0.25) is 10.2 Å². The Kier molecular flexibility index (Phi) is 5.76. The first-order chi connectivity index (χ1) is 10.1. The molecule has 1 aliphatic rings. The van der Waals surface area contributed by atoms with E-state index in [4.69, 9.17) is 4.74 Å². The van der Waals surface area contributed by atoms with Crippen LogP contribution in [0.3, 0.4) is 0 Å². The number of carbonyl (C=O) groups excluding carboxylic acids is 1. The van der Waals surface area contributed by atoms with Gasteiger partial charge in [-0.1, -0.05) is 30.3 Å². The normalized spacial score (nSPS) is 17.5. The molecule has 2 rings (SSSR count). The fourth-order valence-electron chi connectivity index (χ4n) is 2.48. The molecule has 4 heteroatoms. The standard InChI is InChI=1S/C17H26N2O2/c1-4-21-17(20)16(14-8-6-5-7-9-14)18-12-13(2)19(3)15-10-11-15/h5-9,13,15-16,18H,4,10-12H2,1-3H3. The van der Waals surface area contributed by atoms with Crippen molar-refractivity contribution in [1.29, 1.82) is 0 Å². The Hall–Kier alpha value is -1.39. The van der Waals surface area contributed by atoms with Crippen LogP contribution in [0.15, 0.2) is 30.3 Å². The maximum Gasteiger partial charge on any atom is 0.327 e. The molecule has 0 spiro atoms. The van der Waals surface area contributed by atoms with Crippen molar-refractivity contribution >= 4 is 5.97 Å². The molecular weight excluding hydrogens is 264 g/mol. The monoisotopic (exact) mass is 290 g/mol. The molecule has 0 saturated heterocycles. The maximum absolute atomic E-state index is 12.2. The summed E-state index contributed by atoms with van der Waals surface area (Å²) in [5.74, 6) is -0.204. The molecule has 0 aliphatic heterocycles. The third-order valence-corrected chi connectivity index (χ3v) is 4.09. The van der Waals surface area contributed by atoms with E-state index in [0.29, 0.717) is 12.6 Å². The molecule has 0 heterocycles. The predicted molar refractivity (Wildman–Crippen MR) is 84.1 cm³/mol. The summed E-state index contributed by atoms with van der Waals surface area (Å²) in [6.45, 7) is 5.20. The molecule has 2 atom stereocenters. The maximum atomic E-state index is 12.2. The Morgan fingerprint density at radius 2 is 2.05 bits per heavy atom. The van der Waals surface area contributed by atoms with E-state index in [9.17, 15) is 4.79 Å². The second kappa shape index (κ2) is 7.57. The van der Waals surface area contributed by atoms with Crippen molar-refractivity contribution in [2.45, 2.75) is 44.8 Å². The van der Waals surface area contributed by atoms with Gasteiger partial charge >= 0.3 is 5.97 Å². The summed E-state index contributed by atoms with van der Waals surface area (Å²) in [5, 5.41) is 3.37. The summed E-state index contributed by atoms with van der Waals surface area (Å²) in [6.07, 6.45) is 2.58. The average Bonchev–Trinajstić information content (AvgIpc) is 3.32. The number of hydrogen-bond acceptors (Lipinski definition) is 4. The SMILES string of the molecule is CCOC(=O)C(NCC(C)N(C)C1CC1)c1ccccc1. The van der Waals surface area contributed by atoms with Gasteiger partial charge in [-0.05, 0) is 39.3 Å². The highest BCUT2D eigenvalue weighted by atomic mass is 16.5. The lowest BCUT2D eigenvalue weighted by molar-refractivity contribution is -0.145. The summed E-state index contributed by atoms with van der Waals surface area (Å²) in [5.41, 5.74) is 0.956. The zero-order valence-electron chi connectivity index (χ0n) is 13.2. The third kappa shape index (κ3) is 4.55. The van der Waals surface area contributed by atoms with Crippen LogP contribution in [-0.4, -0.2) is 43.2 Å². The Labute approximate surface area is 127 Å². The molecule has 1 fully saturated rings. The number of benzene rings is 1. The van der Waals surface area contributed by atoms with Crippen molar-refractivity contribution in [3.05, 3.63) is 35.9 Å². The van der Waals surface area contributed by atoms with Crippen LogP contribution in [0.5, 0.6) is 0 Å². The van der Waals surface area contributed by atoms with E-state index in [1.807, 2.05) is 37.3 Å². The molecule has 0 radical (unpaired) electrons. The highest BCUT2D eigenvalue weighted by Crippen LogP contribution is 2.27. The van der Waals surface area contributed by atoms with Gasteiger partial charge in [0, 0.05) is 18.6 Å². The molecule has 0 bridgehead atoms. The first-order valence-corrected chi connectivity index (χ1v) is 7.80. The van der Waals surface area contributed by atoms with Gasteiger partial charge in [0.2, 0.25) is 0 Å². The highest BCUT2D eigenvalue weighted by molar-refractivity contribution is 5.77. The minimum Gasteiger partial charge on any atom is -0.465 e. The van der Waals surface area contributed by atoms with Crippen molar-refractivity contribution in [1.82, 2.24) is 10.2 Å². The summed E-state index contributed by atoms with van der Waals surface area (Å²) in [7, 11) is 2.16. The second-order valence-electron chi connectivity index (χ2n) is 5.75. The van der Waals surface area contributed by atoms with Gasteiger partial charge in [-0.2, -0.15) is 0 Å². The lowest BCUT2D eigenvalue weighted by atomic mass is 10.1. The van der Waals surface area contributed by atoms with Crippen LogP contribution < -0.4 is 5.32 Å². The topological polar surface area (TPSA) is 41.6 Å². The number of ether oxygens (including phenoxy) is 1. The minimum absolute atomic E-state index is 0.204. The molecule has 0 amide bonds. The van der Waals surface area contributed by atoms with Gasteiger partial charge in [0.1, 0.15) is 6.04 Å². The van der Waals surface area contributed by atoms with Gasteiger partial charge in [-0.25, -0.2) is 4.79 Å². The van der Waals surface area contributed by atoms with Crippen molar-refractivity contribution in [3.63, 3.8) is 0 Å². The van der Waals surface area contributed by atoms with E-state index in [1.165, 1.54) is 12.8 Å². The van der Waals surface area contributed by atoms with Crippen molar-refractivity contribution in [3.8, 4) is 0 Å². The van der Waals surface area contributed by atoms with Crippen LogP contribution in [0.2, 0.25) is 0 Å². The smallest absolute Gasteiger partial charge is 0.327 e. The van der Waals surface area contributed by atoms with Gasteiger partial charge in [-0.15, -0.1) is 0 Å². The largest absolute Gasteiger partial charge is 0.465 e. The van der Waals surface area contributed by atoms with E-state index < -0.39 is 0 Å². The minimum atomic E-state index is -0.388. The average molecular weight is 290 g/mol. The Morgan fingerprint density at radius 1 is 1.38 bits per heavy atom. The van der Waals surface area contributed by atoms with Gasteiger partial charge < -0.3 is 4.74 Å². The first-order valence-electron chi connectivity index (χ1n) is 7.80. The lowest BCUT2D eigenvalue weighted by Crippen LogP contribution is -2.42. The number of carbonyl (C=O) groups is 1. The van der Waals surface area contributed by atoms with Gasteiger partial charge in [0.25, 0.3) is 0 Å². The van der Waals surface area contributed by atoms with Gasteiger partial charge in [0.15, 0.2) is 0 Å². The van der Waals surface area contributed by atoms with E-state index >= 15 is 0 Å². The predicted octanol–water partition coefficient (Wildman–Crippen LogP) is 2.36. The first kappa shape index (κ1) is 16.0. The van der Waals surface area contributed by atoms with Crippen LogP contribution in [0.4, 0.5) is 0 Å². The molecule has 1 aliphatic carbocycles. The molecular formula is C17H26N2O2. The Balaban J connectivity index is 1.97.